The number of fused-ring (bicyclic) bond motifs is 2. The van der Waals surface area contributed by atoms with Crippen LogP contribution in [0.1, 0.15) is 23.0 Å². The van der Waals surface area contributed by atoms with Crippen LogP contribution >= 0.6 is 0 Å². The van der Waals surface area contributed by atoms with E-state index in [2.05, 4.69) is 16.4 Å². The molecule has 1 amide bonds. The highest BCUT2D eigenvalue weighted by Crippen LogP contribution is 2.28. The monoisotopic (exact) mass is 348 g/mol. The number of aromatic nitrogens is 1. The Kier molecular flexibility index (Phi) is 4.13. The van der Waals surface area contributed by atoms with E-state index in [0.717, 1.165) is 17.3 Å². The number of ether oxygens (including phenoxy) is 1. The van der Waals surface area contributed by atoms with Crippen LogP contribution in [0.15, 0.2) is 59.1 Å². The van der Waals surface area contributed by atoms with Gasteiger partial charge in [-0.15, -0.1) is 0 Å². The molecule has 0 saturated carbocycles. The van der Waals surface area contributed by atoms with Gasteiger partial charge in [-0.2, -0.15) is 0 Å². The molecule has 0 unspecified atom stereocenters. The van der Waals surface area contributed by atoms with Crippen molar-refractivity contribution in [1.29, 1.82) is 0 Å². The molecular weight excluding hydrogens is 328 g/mol. The molecule has 132 valence electrons. The molecule has 26 heavy (non-hydrogen) atoms. The molecule has 0 saturated heterocycles. The Morgan fingerprint density at radius 3 is 2.92 bits per heavy atom. The minimum atomic E-state index is -0.226. The number of H-pyrrole nitrogens is 1. The van der Waals surface area contributed by atoms with Gasteiger partial charge in [-0.25, -0.2) is 0 Å². The molecule has 0 fully saturated rings. The minimum Gasteiger partial charge on any atom is -0.493 e. The number of aromatic amines is 1. The van der Waals surface area contributed by atoms with Crippen LogP contribution in [0, 0.1) is 0 Å². The maximum absolute atomic E-state index is 12.6. The Bertz CT molecular complexity index is 1080. The van der Waals surface area contributed by atoms with E-state index in [4.69, 9.17) is 9.15 Å². The maximum atomic E-state index is 12.6. The first-order valence-electron chi connectivity index (χ1n) is 8.58. The first kappa shape index (κ1) is 16.3. The van der Waals surface area contributed by atoms with Crippen LogP contribution in [-0.2, 0) is 6.42 Å². The number of benzene rings is 2. The predicted octanol–water partition coefficient (Wildman–Crippen LogP) is 4.28. The summed E-state index contributed by atoms with van der Waals surface area (Å²) in [5, 5.41) is 5.04. The van der Waals surface area contributed by atoms with Crippen molar-refractivity contribution in [3.63, 3.8) is 0 Å². The predicted molar refractivity (Wildman–Crippen MR) is 102 cm³/mol. The highest BCUT2D eigenvalue weighted by molar-refractivity contribution is 5.97. The standard InChI is InChI=1S/C21H20N2O3/c1-13(10-15-12-22-17-8-4-3-7-16(15)17)23-21(24)19-11-14-6-5-9-18(25-2)20(14)26-19/h3-9,11-13,22H,10H2,1-2H3,(H,23,24)/t13-/m0/s1. The van der Waals surface area contributed by atoms with E-state index in [9.17, 15) is 4.79 Å². The van der Waals surface area contributed by atoms with E-state index in [-0.39, 0.29) is 17.7 Å². The summed E-state index contributed by atoms with van der Waals surface area (Å²) < 4.78 is 11.0. The molecular formula is C21H20N2O3. The number of methoxy groups -OCH3 is 1. The van der Waals surface area contributed by atoms with Crippen LogP contribution in [0.2, 0.25) is 0 Å². The second-order valence-electron chi connectivity index (χ2n) is 6.43. The van der Waals surface area contributed by atoms with Crippen LogP contribution < -0.4 is 10.1 Å². The second kappa shape index (κ2) is 6.59. The molecule has 2 N–H and O–H groups in total. The molecule has 4 rings (SSSR count). The fourth-order valence-electron chi connectivity index (χ4n) is 3.29. The maximum Gasteiger partial charge on any atom is 0.287 e. The Morgan fingerprint density at radius 2 is 2.08 bits per heavy atom. The first-order valence-corrected chi connectivity index (χ1v) is 8.58. The number of nitrogens with one attached hydrogen (secondary N) is 2. The number of para-hydroxylation sites is 2. The number of hydrogen-bond acceptors (Lipinski definition) is 3. The molecule has 4 aromatic rings. The molecule has 2 aromatic heterocycles. The van der Waals surface area contributed by atoms with Gasteiger partial charge in [-0.05, 0) is 37.1 Å². The zero-order valence-corrected chi connectivity index (χ0v) is 14.7. The summed E-state index contributed by atoms with van der Waals surface area (Å²) in [6, 6.07) is 15.4. The van der Waals surface area contributed by atoms with Crippen LogP contribution in [0.3, 0.4) is 0 Å². The van der Waals surface area contributed by atoms with Crippen molar-refractivity contribution in [2.24, 2.45) is 0 Å². The highest BCUT2D eigenvalue weighted by atomic mass is 16.5. The van der Waals surface area contributed by atoms with Crippen LogP contribution in [-0.4, -0.2) is 24.0 Å². The summed E-state index contributed by atoms with van der Waals surface area (Å²) in [6.07, 6.45) is 2.73. The lowest BCUT2D eigenvalue weighted by molar-refractivity contribution is 0.0914. The Balaban J connectivity index is 1.51. The molecule has 5 heteroatoms. The van der Waals surface area contributed by atoms with E-state index in [1.54, 1.807) is 13.2 Å². The number of hydrogen-bond donors (Lipinski definition) is 2. The fourth-order valence-corrected chi connectivity index (χ4v) is 3.29. The smallest absolute Gasteiger partial charge is 0.287 e. The quantitative estimate of drug-likeness (QED) is 0.565. The third-order valence-corrected chi connectivity index (χ3v) is 4.53. The third kappa shape index (κ3) is 2.92. The summed E-state index contributed by atoms with van der Waals surface area (Å²) in [4.78, 5) is 15.8. The lowest BCUT2D eigenvalue weighted by Crippen LogP contribution is -2.33. The van der Waals surface area contributed by atoms with Gasteiger partial charge in [0, 0.05) is 28.5 Å². The van der Waals surface area contributed by atoms with Crippen molar-refractivity contribution in [3.8, 4) is 5.75 Å². The average molecular weight is 348 g/mol. The van der Waals surface area contributed by atoms with Crippen molar-refractivity contribution in [2.45, 2.75) is 19.4 Å². The van der Waals surface area contributed by atoms with E-state index >= 15 is 0 Å². The molecule has 0 spiro atoms. The van der Waals surface area contributed by atoms with Crippen molar-refractivity contribution < 1.29 is 13.9 Å². The lowest BCUT2D eigenvalue weighted by Gasteiger charge is -2.12. The number of carbonyl (C=O) groups is 1. The van der Waals surface area contributed by atoms with E-state index in [1.807, 2.05) is 49.5 Å². The zero-order valence-electron chi connectivity index (χ0n) is 14.7. The van der Waals surface area contributed by atoms with Gasteiger partial charge < -0.3 is 19.5 Å². The molecule has 2 aromatic carbocycles. The zero-order chi connectivity index (χ0) is 18.1. The topological polar surface area (TPSA) is 67.3 Å². The van der Waals surface area contributed by atoms with Crippen LogP contribution in [0.5, 0.6) is 5.75 Å². The molecule has 5 nitrogen and oxygen atoms in total. The van der Waals surface area contributed by atoms with Crippen molar-refractivity contribution in [2.75, 3.05) is 7.11 Å². The van der Waals surface area contributed by atoms with Crippen LogP contribution in [0.4, 0.5) is 0 Å². The molecule has 1 atom stereocenters. The van der Waals surface area contributed by atoms with Crippen LogP contribution in [0.25, 0.3) is 21.9 Å². The molecule has 0 aliphatic heterocycles. The largest absolute Gasteiger partial charge is 0.493 e. The van der Waals surface area contributed by atoms with Gasteiger partial charge in [-0.3, -0.25) is 4.79 Å². The molecule has 0 aliphatic rings. The van der Waals surface area contributed by atoms with Gasteiger partial charge in [-0.1, -0.05) is 30.3 Å². The summed E-state index contributed by atoms with van der Waals surface area (Å²) >= 11 is 0. The van der Waals surface area contributed by atoms with E-state index in [1.165, 1.54) is 10.9 Å². The average Bonchev–Trinajstić information content (AvgIpc) is 3.26. The number of rotatable bonds is 5. The molecule has 0 bridgehead atoms. The van der Waals surface area contributed by atoms with Crippen molar-refractivity contribution in [3.05, 3.63) is 66.1 Å². The van der Waals surface area contributed by atoms with E-state index in [0.29, 0.717) is 11.3 Å². The van der Waals surface area contributed by atoms with Crippen molar-refractivity contribution >= 4 is 27.8 Å². The number of carbonyl (C=O) groups excluding carboxylic acids is 1. The molecule has 0 radical (unpaired) electrons. The third-order valence-electron chi connectivity index (χ3n) is 4.53. The van der Waals surface area contributed by atoms with Crippen molar-refractivity contribution in [1.82, 2.24) is 10.3 Å². The Morgan fingerprint density at radius 1 is 1.23 bits per heavy atom. The lowest BCUT2D eigenvalue weighted by atomic mass is 10.1. The number of furan rings is 1. The number of amides is 1. The van der Waals surface area contributed by atoms with Gasteiger partial charge in [0.25, 0.3) is 5.91 Å². The highest BCUT2D eigenvalue weighted by Gasteiger charge is 2.17. The van der Waals surface area contributed by atoms with E-state index < -0.39 is 0 Å². The van der Waals surface area contributed by atoms with Gasteiger partial charge in [0.2, 0.25) is 0 Å². The first-order chi connectivity index (χ1) is 12.7. The SMILES string of the molecule is COc1cccc2cc(C(=O)N[C@@H](C)Cc3c[nH]c4ccccc34)oc12. The van der Waals surface area contributed by atoms with Gasteiger partial charge in [0.05, 0.1) is 7.11 Å². The van der Waals surface area contributed by atoms with Gasteiger partial charge in [0.1, 0.15) is 0 Å². The summed E-state index contributed by atoms with van der Waals surface area (Å²) in [5.41, 5.74) is 2.87. The Hall–Kier alpha value is -3.21. The summed E-state index contributed by atoms with van der Waals surface area (Å²) in [6.45, 7) is 1.99. The fraction of sp³-hybridized carbons (Fsp3) is 0.190. The molecule has 0 aliphatic carbocycles. The summed E-state index contributed by atoms with van der Waals surface area (Å²) in [5.74, 6) is 0.680. The Labute approximate surface area is 151 Å². The second-order valence-corrected chi connectivity index (χ2v) is 6.43. The molecule has 2 heterocycles. The minimum absolute atomic E-state index is 0.0307. The van der Waals surface area contributed by atoms with Gasteiger partial charge >= 0.3 is 0 Å². The normalized spacial score (nSPS) is 12.4. The summed E-state index contributed by atoms with van der Waals surface area (Å²) in [7, 11) is 1.58. The van der Waals surface area contributed by atoms with Gasteiger partial charge in [0.15, 0.2) is 17.1 Å².